The van der Waals surface area contributed by atoms with Crippen LogP contribution in [0.3, 0.4) is 0 Å². The predicted octanol–water partition coefficient (Wildman–Crippen LogP) is 1.69. The van der Waals surface area contributed by atoms with Crippen molar-refractivity contribution in [3.05, 3.63) is 29.8 Å². The smallest absolute Gasteiger partial charge is 0.338 e. The zero-order chi connectivity index (χ0) is 23.7. The zero-order valence-corrected chi connectivity index (χ0v) is 19.7. The number of carbonyl (C=O) groups is 3. The Morgan fingerprint density at radius 3 is 2.31 bits per heavy atom. The van der Waals surface area contributed by atoms with Crippen LogP contribution in [0.1, 0.15) is 56.8 Å². The average Bonchev–Trinajstić information content (AvgIpc) is 2.79. The van der Waals surface area contributed by atoms with Crippen molar-refractivity contribution in [2.24, 2.45) is 5.92 Å². The first kappa shape index (κ1) is 25.8. The Morgan fingerprint density at radius 2 is 1.75 bits per heavy atom. The molecule has 2 N–H and O–H groups in total. The summed E-state index contributed by atoms with van der Waals surface area (Å²) in [6.45, 7) is 6.57. The lowest BCUT2D eigenvalue weighted by Gasteiger charge is -2.30. The fraction of sp³-hybridized carbons (Fsp3) is 0.591. The summed E-state index contributed by atoms with van der Waals surface area (Å²) in [5.41, 5.74) is 0.291. The van der Waals surface area contributed by atoms with E-state index >= 15 is 0 Å². The van der Waals surface area contributed by atoms with Crippen LogP contribution in [0.25, 0.3) is 0 Å². The highest BCUT2D eigenvalue weighted by Gasteiger charge is 2.32. The standard InChI is InChI=1S/C22H33N3O6S/c1-4-16(3)24-20(26)10-13-23-21(27)17-11-14-25(15-12-17)32(29,30)19-8-6-18(7-9-19)22(28)31-5-2/h6-9,16-17H,4-5,10-15H2,1-3H3,(H,23,27)(H,24,26). The second-order valence-corrected chi connectivity index (χ2v) is 9.78. The Labute approximate surface area is 189 Å². The molecule has 0 saturated carbocycles. The van der Waals surface area contributed by atoms with Crippen LogP contribution in [-0.2, 0) is 24.3 Å². The molecule has 1 heterocycles. The van der Waals surface area contributed by atoms with Crippen molar-refractivity contribution < 1.29 is 27.5 Å². The van der Waals surface area contributed by atoms with Crippen LogP contribution in [0, 0.1) is 5.92 Å². The molecule has 0 aliphatic carbocycles. The largest absolute Gasteiger partial charge is 0.462 e. The van der Waals surface area contributed by atoms with Gasteiger partial charge in [-0.1, -0.05) is 6.92 Å². The lowest BCUT2D eigenvalue weighted by molar-refractivity contribution is -0.126. The number of esters is 1. The van der Waals surface area contributed by atoms with Crippen LogP contribution in [0.2, 0.25) is 0 Å². The number of rotatable bonds is 10. The van der Waals surface area contributed by atoms with E-state index in [-0.39, 0.29) is 61.3 Å². The molecule has 1 aliphatic heterocycles. The second-order valence-electron chi connectivity index (χ2n) is 7.84. The minimum absolute atomic E-state index is 0.0979. The molecule has 10 heteroatoms. The molecule has 0 spiro atoms. The maximum Gasteiger partial charge on any atom is 0.338 e. The first-order chi connectivity index (χ1) is 15.2. The van der Waals surface area contributed by atoms with E-state index in [1.807, 2.05) is 13.8 Å². The van der Waals surface area contributed by atoms with Crippen LogP contribution >= 0.6 is 0 Å². The van der Waals surface area contributed by atoms with E-state index < -0.39 is 16.0 Å². The van der Waals surface area contributed by atoms with Crippen LogP contribution in [0.4, 0.5) is 0 Å². The van der Waals surface area contributed by atoms with Gasteiger partial charge in [-0.3, -0.25) is 9.59 Å². The summed E-state index contributed by atoms with van der Waals surface area (Å²) < 4.78 is 32.1. The van der Waals surface area contributed by atoms with Gasteiger partial charge in [-0.2, -0.15) is 4.31 Å². The highest BCUT2D eigenvalue weighted by atomic mass is 32.2. The lowest BCUT2D eigenvalue weighted by Crippen LogP contribution is -2.43. The molecule has 1 saturated heterocycles. The fourth-order valence-electron chi connectivity index (χ4n) is 3.38. The first-order valence-electron chi connectivity index (χ1n) is 11.0. The van der Waals surface area contributed by atoms with Crippen molar-refractivity contribution in [1.82, 2.24) is 14.9 Å². The molecule has 0 aromatic heterocycles. The molecule has 9 nitrogen and oxygen atoms in total. The van der Waals surface area contributed by atoms with Gasteiger partial charge < -0.3 is 15.4 Å². The Hall–Kier alpha value is -2.46. The number of piperidine rings is 1. The molecule has 1 aliphatic rings. The van der Waals surface area contributed by atoms with Gasteiger partial charge in [0.05, 0.1) is 17.1 Å². The number of carbonyl (C=O) groups excluding carboxylic acids is 3. The third kappa shape index (κ3) is 7.03. The molecule has 2 rings (SSSR count). The van der Waals surface area contributed by atoms with Crippen molar-refractivity contribution >= 4 is 27.8 Å². The maximum atomic E-state index is 12.9. The van der Waals surface area contributed by atoms with Gasteiger partial charge in [0.15, 0.2) is 0 Å². The third-order valence-electron chi connectivity index (χ3n) is 5.50. The van der Waals surface area contributed by atoms with Gasteiger partial charge in [0.2, 0.25) is 21.8 Å². The first-order valence-corrected chi connectivity index (χ1v) is 12.5. The number of amides is 2. The molecule has 2 amide bonds. The topological polar surface area (TPSA) is 122 Å². The summed E-state index contributed by atoms with van der Waals surface area (Å²) in [5.74, 6) is -1.04. The van der Waals surface area contributed by atoms with Gasteiger partial charge in [0, 0.05) is 38.0 Å². The van der Waals surface area contributed by atoms with Crippen molar-refractivity contribution in [2.45, 2.75) is 57.4 Å². The molecule has 1 fully saturated rings. The Balaban J connectivity index is 1.84. The van der Waals surface area contributed by atoms with Crippen molar-refractivity contribution in [3.63, 3.8) is 0 Å². The van der Waals surface area contributed by atoms with E-state index in [1.54, 1.807) is 6.92 Å². The maximum absolute atomic E-state index is 12.9. The molecule has 32 heavy (non-hydrogen) atoms. The van der Waals surface area contributed by atoms with Crippen LogP contribution < -0.4 is 10.6 Å². The molecule has 0 radical (unpaired) electrons. The van der Waals surface area contributed by atoms with E-state index in [0.717, 1.165) is 6.42 Å². The van der Waals surface area contributed by atoms with E-state index in [0.29, 0.717) is 18.4 Å². The number of sulfonamides is 1. The minimum atomic E-state index is -3.71. The Kier molecular flexibility index (Phi) is 9.64. The van der Waals surface area contributed by atoms with E-state index in [4.69, 9.17) is 4.74 Å². The third-order valence-corrected chi connectivity index (χ3v) is 7.41. The highest BCUT2D eigenvalue weighted by molar-refractivity contribution is 7.89. The summed E-state index contributed by atoms with van der Waals surface area (Å²) in [7, 11) is -3.71. The summed E-state index contributed by atoms with van der Waals surface area (Å²) in [6, 6.07) is 5.76. The molecule has 1 atom stereocenters. The number of nitrogens with zero attached hydrogens (tertiary/aromatic N) is 1. The molecule has 1 aromatic rings. The molecule has 178 valence electrons. The number of hydrogen-bond donors (Lipinski definition) is 2. The van der Waals surface area contributed by atoms with Gasteiger partial charge in [-0.05, 0) is 57.4 Å². The summed E-state index contributed by atoms with van der Waals surface area (Å²) in [4.78, 5) is 36.0. The zero-order valence-electron chi connectivity index (χ0n) is 18.9. The summed E-state index contributed by atoms with van der Waals surface area (Å²) in [5, 5.41) is 5.62. The highest BCUT2D eigenvalue weighted by Crippen LogP contribution is 2.24. The Morgan fingerprint density at radius 1 is 1.12 bits per heavy atom. The predicted molar refractivity (Wildman–Crippen MR) is 119 cm³/mol. The van der Waals surface area contributed by atoms with Crippen LogP contribution in [0.5, 0.6) is 0 Å². The molecular formula is C22H33N3O6S. The van der Waals surface area contributed by atoms with Crippen molar-refractivity contribution in [3.8, 4) is 0 Å². The monoisotopic (exact) mass is 467 g/mol. The SMILES string of the molecule is CCOC(=O)c1ccc(S(=O)(=O)N2CCC(C(=O)NCCC(=O)NC(C)CC)CC2)cc1. The average molecular weight is 468 g/mol. The number of benzene rings is 1. The van der Waals surface area contributed by atoms with Gasteiger partial charge >= 0.3 is 5.97 Å². The molecule has 0 bridgehead atoms. The summed E-state index contributed by atoms with van der Waals surface area (Å²) >= 11 is 0. The van der Waals surface area contributed by atoms with Crippen molar-refractivity contribution in [2.75, 3.05) is 26.2 Å². The molecule has 1 aromatic carbocycles. The molecular weight excluding hydrogens is 434 g/mol. The molecule has 1 unspecified atom stereocenters. The number of nitrogens with one attached hydrogen (secondary N) is 2. The second kappa shape index (κ2) is 12.0. The van der Waals surface area contributed by atoms with Crippen LogP contribution in [0.15, 0.2) is 29.2 Å². The van der Waals surface area contributed by atoms with Gasteiger partial charge in [-0.15, -0.1) is 0 Å². The fourth-order valence-corrected chi connectivity index (χ4v) is 4.85. The number of hydrogen-bond acceptors (Lipinski definition) is 6. The quantitative estimate of drug-likeness (QED) is 0.505. The summed E-state index contributed by atoms with van der Waals surface area (Å²) in [6.07, 6.45) is 1.87. The Bertz CT molecular complexity index is 893. The normalized spacial score (nSPS) is 16.2. The van der Waals surface area contributed by atoms with Gasteiger partial charge in [-0.25, -0.2) is 13.2 Å². The van der Waals surface area contributed by atoms with Crippen LogP contribution in [-0.4, -0.2) is 62.8 Å². The minimum Gasteiger partial charge on any atom is -0.462 e. The van der Waals surface area contributed by atoms with Gasteiger partial charge in [0.1, 0.15) is 0 Å². The van der Waals surface area contributed by atoms with Gasteiger partial charge in [0.25, 0.3) is 0 Å². The van der Waals surface area contributed by atoms with Crippen molar-refractivity contribution in [1.29, 1.82) is 0 Å². The lowest BCUT2D eigenvalue weighted by atomic mass is 9.97. The number of ether oxygens (including phenoxy) is 1. The van der Waals surface area contributed by atoms with E-state index in [1.165, 1.54) is 28.6 Å². The van der Waals surface area contributed by atoms with E-state index in [9.17, 15) is 22.8 Å². The van der Waals surface area contributed by atoms with E-state index in [2.05, 4.69) is 10.6 Å².